The van der Waals surface area contributed by atoms with E-state index >= 15 is 0 Å². The summed E-state index contributed by atoms with van der Waals surface area (Å²) in [6, 6.07) is 6.19. The molecule has 0 unspecified atom stereocenters. The first-order valence-electron chi connectivity index (χ1n) is 5.52. The van der Waals surface area contributed by atoms with Gasteiger partial charge in [-0.1, -0.05) is 11.6 Å². The molecule has 0 radical (unpaired) electrons. The van der Waals surface area contributed by atoms with Gasteiger partial charge in [-0.05, 0) is 28.1 Å². The fraction of sp³-hybridized carbons (Fsp3) is 0.167. The highest BCUT2D eigenvalue weighted by Gasteiger charge is 2.35. The van der Waals surface area contributed by atoms with E-state index in [4.69, 9.17) is 16.3 Å². The molecular formula is C12H8BrClF3N3O. The zero-order chi connectivity index (χ0) is 15.6. The van der Waals surface area contributed by atoms with Crippen molar-refractivity contribution < 1.29 is 17.9 Å². The monoisotopic (exact) mass is 381 g/mol. The smallest absolute Gasteiger partial charge is 0.451 e. The molecule has 9 heteroatoms. The largest absolute Gasteiger partial charge is 0.497 e. The molecule has 2 rings (SSSR count). The summed E-state index contributed by atoms with van der Waals surface area (Å²) in [4.78, 5) is 6.56. The van der Waals surface area contributed by atoms with Crippen molar-refractivity contribution in [3.8, 4) is 5.75 Å². The first kappa shape index (κ1) is 15.8. The molecule has 0 saturated heterocycles. The highest BCUT2D eigenvalue weighted by Crippen LogP contribution is 2.32. The van der Waals surface area contributed by atoms with Gasteiger partial charge in [0, 0.05) is 16.6 Å². The predicted octanol–water partition coefficient (Wildman–Crippen LogP) is 4.66. The second kappa shape index (κ2) is 6.07. The van der Waals surface area contributed by atoms with Crippen LogP contribution in [-0.2, 0) is 6.18 Å². The topological polar surface area (TPSA) is 47.0 Å². The average Bonchev–Trinajstić information content (AvgIpc) is 2.39. The van der Waals surface area contributed by atoms with Gasteiger partial charge in [-0.2, -0.15) is 13.2 Å². The van der Waals surface area contributed by atoms with Gasteiger partial charge in [-0.15, -0.1) is 0 Å². The van der Waals surface area contributed by atoms with Crippen LogP contribution in [0.25, 0.3) is 0 Å². The normalized spacial score (nSPS) is 11.3. The van der Waals surface area contributed by atoms with Crippen LogP contribution in [0, 0.1) is 0 Å². The Morgan fingerprint density at radius 3 is 2.57 bits per heavy atom. The summed E-state index contributed by atoms with van der Waals surface area (Å²) in [5.41, 5.74) is 0.484. The first-order valence-corrected chi connectivity index (χ1v) is 6.69. The summed E-state index contributed by atoms with van der Waals surface area (Å²) < 4.78 is 43.6. The van der Waals surface area contributed by atoms with Crippen LogP contribution in [0.15, 0.2) is 28.7 Å². The Balaban J connectivity index is 2.38. The molecule has 0 atom stereocenters. The predicted molar refractivity (Wildman–Crippen MR) is 76.0 cm³/mol. The van der Waals surface area contributed by atoms with Gasteiger partial charge in [0.1, 0.15) is 16.7 Å². The quantitative estimate of drug-likeness (QED) is 0.784. The van der Waals surface area contributed by atoms with Crippen LogP contribution in [-0.4, -0.2) is 17.1 Å². The van der Waals surface area contributed by atoms with Crippen LogP contribution in [0.3, 0.4) is 0 Å². The lowest BCUT2D eigenvalue weighted by molar-refractivity contribution is -0.144. The number of halogens is 5. The molecule has 4 nitrogen and oxygen atoms in total. The lowest BCUT2D eigenvalue weighted by Gasteiger charge is -2.12. The summed E-state index contributed by atoms with van der Waals surface area (Å²) in [5, 5.41) is 2.43. The minimum atomic E-state index is -4.67. The number of hydrogen-bond acceptors (Lipinski definition) is 4. The van der Waals surface area contributed by atoms with E-state index in [1.54, 1.807) is 18.2 Å². The molecule has 0 amide bonds. The SMILES string of the molecule is COc1ccc(Br)c(Nc2cc(Cl)nc(C(F)(F)F)n2)c1. The molecule has 1 aromatic heterocycles. The third-order valence-corrected chi connectivity index (χ3v) is 3.27. The number of anilines is 2. The number of nitrogens with one attached hydrogen (secondary N) is 1. The van der Waals surface area contributed by atoms with Crippen molar-refractivity contribution >= 4 is 39.0 Å². The maximum Gasteiger partial charge on any atom is 0.451 e. The summed E-state index contributed by atoms with van der Waals surface area (Å²) >= 11 is 8.87. The minimum absolute atomic E-state index is 0.0729. The van der Waals surface area contributed by atoms with Crippen molar-refractivity contribution in [3.63, 3.8) is 0 Å². The second-order valence-corrected chi connectivity index (χ2v) is 5.11. The zero-order valence-corrected chi connectivity index (χ0v) is 12.8. The van der Waals surface area contributed by atoms with E-state index in [-0.39, 0.29) is 11.0 Å². The highest BCUT2D eigenvalue weighted by molar-refractivity contribution is 9.10. The van der Waals surface area contributed by atoms with Crippen molar-refractivity contribution in [1.82, 2.24) is 9.97 Å². The van der Waals surface area contributed by atoms with Crippen molar-refractivity contribution in [3.05, 3.63) is 39.7 Å². The van der Waals surface area contributed by atoms with Gasteiger partial charge >= 0.3 is 6.18 Å². The fourth-order valence-electron chi connectivity index (χ4n) is 1.47. The number of alkyl halides is 3. The lowest BCUT2D eigenvalue weighted by atomic mass is 10.3. The van der Waals surface area contributed by atoms with Crippen LogP contribution in [0.2, 0.25) is 5.15 Å². The highest BCUT2D eigenvalue weighted by atomic mass is 79.9. The Kier molecular flexibility index (Phi) is 4.58. The molecule has 0 aliphatic carbocycles. The second-order valence-electron chi connectivity index (χ2n) is 3.87. The summed E-state index contributed by atoms with van der Waals surface area (Å²) in [6.07, 6.45) is -4.67. The molecule has 0 aliphatic heterocycles. The van der Waals surface area contributed by atoms with Gasteiger partial charge in [0.15, 0.2) is 0 Å². The van der Waals surface area contributed by atoms with Gasteiger partial charge < -0.3 is 10.1 Å². The van der Waals surface area contributed by atoms with Crippen molar-refractivity contribution in [2.75, 3.05) is 12.4 Å². The summed E-state index contributed by atoms with van der Waals surface area (Å²) in [6.45, 7) is 0. The Morgan fingerprint density at radius 2 is 1.95 bits per heavy atom. The molecule has 1 aromatic carbocycles. The summed E-state index contributed by atoms with van der Waals surface area (Å²) in [5.74, 6) is -0.843. The molecule has 1 N–H and O–H groups in total. The standard InChI is InChI=1S/C12H8BrClF3N3O/c1-21-6-2-3-7(13)8(4-6)18-10-5-9(14)19-11(20-10)12(15,16)17/h2-5H,1H3,(H,18,19,20). The Bertz CT molecular complexity index is 667. The van der Waals surface area contributed by atoms with Crippen LogP contribution in [0.4, 0.5) is 24.7 Å². The van der Waals surface area contributed by atoms with Gasteiger partial charge in [0.05, 0.1) is 12.8 Å². The molecule has 2 aromatic rings. The van der Waals surface area contributed by atoms with Gasteiger partial charge in [0.2, 0.25) is 5.82 Å². The number of methoxy groups -OCH3 is 1. The Labute approximate surface area is 131 Å². The Morgan fingerprint density at radius 1 is 1.24 bits per heavy atom. The van der Waals surface area contributed by atoms with Crippen molar-refractivity contribution in [1.29, 1.82) is 0 Å². The van der Waals surface area contributed by atoms with Crippen LogP contribution in [0.1, 0.15) is 5.82 Å². The zero-order valence-electron chi connectivity index (χ0n) is 10.5. The average molecular weight is 383 g/mol. The third kappa shape index (κ3) is 3.98. The molecule has 112 valence electrons. The van der Waals surface area contributed by atoms with E-state index in [0.29, 0.717) is 15.9 Å². The van der Waals surface area contributed by atoms with E-state index in [2.05, 4.69) is 31.2 Å². The van der Waals surface area contributed by atoms with Crippen LogP contribution < -0.4 is 10.1 Å². The number of aromatic nitrogens is 2. The number of rotatable bonds is 3. The molecule has 1 heterocycles. The molecule has 0 saturated carbocycles. The van der Waals surface area contributed by atoms with Gasteiger partial charge in [-0.25, -0.2) is 9.97 Å². The van der Waals surface area contributed by atoms with Crippen molar-refractivity contribution in [2.24, 2.45) is 0 Å². The van der Waals surface area contributed by atoms with E-state index in [9.17, 15) is 13.2 Å². The fourth-order valence-corrected chi connectivity index (χ4v) is 2.00. The Hall–Kier alpha value is -1.54. The third-order valence-electron chi connectivity index (χ3n) is 2.38. The number of nitrogens with zero attached hydrogens (tertiary/aromatic N) is 2. The first-order chi connectivity index (χ1) is 9.79. The van der Waals surface area contributed by atoms with Crippen LogP contribution >= 0.6 is 27.5 Å². The molecule has 0 bridgehead atoms. The van der Waals surface area contributed by atoms with E-state index in [0.717, 1.165) is 0 Å². The molecule has 0 fully saturated rings. The van der Waals surface area contributed by atoms with Crippen molar-refractivity contribution in [2.45, 2.75) is 6.18 Å². The minimum Gasteiger partial charge on any atom is -0.497 e. The van der Waals surface area contributed by atoms with E-state index < -0.39 is 12.0 Å². The number of benzene rings is 1. The lowest BCUT2D eigenvalue weighted by Crippen LogP contribution is -2.12. The summed E-state index contributed by atoms with van der Waals surface area (Å²) in [7, 11) is 1.48. The molecular weight excluding hydrogens is 375 g/mol. The van der Waals surface area contributed by atoms with Gasteiger partial charge in [0.25, 0.3) is 0 Å². The molecule has 0 aliphatic rings. The van der Waals surface area contributed by atoms with Crippen LogP contribution in [0.5, 0.6) is 5.75 Å². The van der Waals surface area contributed by atoms with E-state index in [1.807, 2.05) is 0 Å². The van der Waals surface area contributed by atoms with E-state index in [1.165, 1.54) is 13.2 Å². The maximum absolute atomic E-state index is 12.6. The maximum atomic E-state index is 12.6. The molecule has 21 heavy (non-hydrogen) atoms. The number of hydrogen-bond donors (Lipinski definition) is 1. The number of ether oxygens (including phenoxy) is 1. The molecule has 0 spiro atoms. The van der Waals surface area contributed by atoms with Gasteiger partial charge in [-0.3, -0.25) is 0 Å².